The number of hydrogen-bond donors (Lipinski definition) is 2. The van der Waals surface area contributed by atoms with Gasteiger partial charge in [-0.25, -0.2) is 4.79 Å². The molecule has 0 aliphatic carbocycles. The highest BCUT2D eigenvalue weighted by atomic mass is 16.2. The molecule has 2 N–H and O–H groups in total. The molecule has 154 valence electrons. The first kappa shape index (κ1) is 20.6. The molecule has 1 saturated heterocycles. The first-order valence-electron chi connectivity index (χ1n) is 9.96. The van der Waals surface area contributed by atoms with Gasteiger partial charge in [-0.3, -0.25) is 9.59 Å². The van der Waals surface area contributed by atoms with Crippen molar-refractivity contribution < 1.29 is 9.59 Å². The largest absolute Gasteiger partial charge is 0.341 e. The Morgan fingerprint density at radius 2 is 1.79 bits per heavy atom. The first-order chi connectivity index (χ1) is 13.8. The van der Waals surface area contributed by atoms with Gasteiger partial charge in [-0.2, -0.15) is 0 Å². The second kappa shape index (κ2) is 8.94. The summed E-state index contributed by atoms with van der Waals surface area (Å²) in [5.74, 6) is 0.561. The van der Waals surface area contributed by atoms with E-state index in [-0.39, 0.29) is 23.7 Å². The summed E-state index contributed by atoms with van der Waals surface area (Å²) in [6.07, 6.45) is 1.97. The SMILES string of the molecule is Cc1cccc(NC(=O)Nc2ccc(C)n(CC(=O)N3CCC(C)CC3)c2=O)c1. The third kappa shape index (κ3) is 5.25. The molecule has 0 saturated carbocycles. The second-order valence-corrected chi connectivity index (χ2v) is 7.79. The number of pyridine rings is 1. The fourth-order valence-corrected chi connectivity index (χ4v) is 3.46. The van der Waals surface area contributed by atoms with E-state index >= 15 is 0 Å². The predicted molar refractivity (Wildman–Crippen MR) is 114 cm³/mol. The number of nitrogens with one attached hydrogen (secondary N) is 2. The Kier molecular flexibility index (Phi) is 6.36. The van der Waals surface area contributed by atoms with Crippen molar-refractivity contribution in [2.24, 2.45) is 5.92 Å². The van der Waals surface area contributed by atoms with Gasteiger partial charge >= 0.3 is 6.03 Å². The maximum atomic E-state index is 12.9. The van der Waals surface area contributed by atoms with Crippen LogP contribution in [-0.2, 0) is 11.3 Å². The van der Waals surface area contributed by atoms with Crippen molar-refractivity contribution >= 4 is 23.3 Å². The summed E-state index contributed by atoms with van der Waals surface area (Å²) in [7, 11) is 0. The molecule has 0 bridgehead atoms. The van der Waals surface area contributed by atoms with Crippen LogP contribution in [-0.4, -0.2) is 34.5 Å². The van der Waals surface area contributed by atoms with Crippen molar-refractivity contribution in [1.29, 1.82) is 0 Å². The van der Waals surface area contributed by atoms with Gasteiger partial charge in [-0.05, 0) is 62.4 Å². The van der Waals surface area contributed by atoms with Crippen molar-refractivity contribution in [2.45, 2.75) is 40.2 Å². The summed E-state index contributed by atoms with van der Waals surface area (Å²) in [6.45, 7) is 7.34. The predicted octanol–water partition coefficient (Wildman–Crippen LogP) is 3.37. The minimum Gasteiger partial charge on any atom is -0.341 e. The summed E-state index contributed by atoms with van der Waals surface area (Å²) in [5.41, 5.74) is 2.10. The van der Waals surface area contributed by atoms with E-state index in [0.29, 0.717) is 17.3 Å². The van der Waals surface area contributed by atoms with Crippen molar-refractivity contribution in [3.8, 4) is 0 Å². The van der Waals surface area contributed by atoms with Gasteiger partial charge in [-0.15, -0.1) is 0 Å². The van der Waals surface area contributed by atoms with Gasteiger partial charge in [0.1, 0.15) is 12.2 Å². The molecule has 3 amide bonds. The fourth-order valence-electron chi connectivity index (χ4n) is 3.46. The van der Waals surface area contributed by atoms with E-state index in [1.54, 1.807) is 25.1 Å². The average Bonchev–Trinajstić information content (AvgIpc) is 2.68. The third-order valence-electron chi connectivity index (χ3n) is 5.35. The number of hydrogen-bond acceptors (Lipinski definition) is 3. The van der Waals surface area contributed by atoms with Crippen LogP contribution in [0.25, 0.3) is 0 Å². The molecule has 2 heterocycles. The lowest BCUT2D eigenvalue weighted by molar-refractivity contribution is -0.133. The van der Waals surface area contributed by atoms with Crippen LogP contribution in [0, 0.1) is 19.8 Å². The lowest BCUT2D eigenvalue weighted by Crippen LogP contribution is -2.41. The van der Waals surface area contributed by atoms with Crippen LogP contribution in [0.4, 0.5) is 16.2 Å². The van der Waals surface area contributed by atoms with Crippen LogP contribution in [0.1, 0.15) is 31.0 Å². The molecule has 2 aromatic rings. The van der Waals surface area contributed by atoms with Gasteiger partial charge < -0.3 is 20.1 Å². The van der Waals surface area contributed by atoms with Crippen LogP contribution in [0.15, 0.2) is 41.2 Å². The summed E-state index contributed by atoms with van der Waals surface area (Å²) in [5, 5.41) is 5.31. The Morgan fingerprint density at radius 1 is 1.07 bits per heavy atom. The average molecular weight is 396 g/mol. The Balaban J connectivity index is 1.70. The molecule has 1 aliphatic rings. The zero-order valence-corrected chi connectivity index (χ0v) is 17.2. The number of piperidine rings is 1. The maximum Gasteiger partial charge on any atom is 0.323 e. The number of carbonyl (C=O) groups excluding carboxylic acids is 2. The highest BCUT2D eigenvalue weighted by Crippen LogP contribution is 2.16. The summed E-state index contributed by atoms with van der Waals surface area (Å²) in [6, 6.07) is 10.2. The molecule has 0 spiro atoms. The van der Waals surface area contributed by atoms with Crippen LogP contribution >= 0.6 is 0 Å². The topological polar surface area (TPSA) is 83.4 Å². The number of carbonyl (C=O) groups is 2. The highest BCUT2D eigenvalue weighted by molar-refractivity contribution is 5.99. The van der Waals surface area contributed by atoms with E-state index in [1.165, 1.54) is 4.57 Å². The van der Waals surface area contributed by atoms with Crippen LogP contribution in [0.2, 0.25) is 0 Å². The molecule has 29 heavy (non-hydrogen) atoms. The summed E-state index contributed by atoms with van der Waals surface area (Å²) >= 11 is 0. The second-order valence-electron chi connectivity index (χ2n) is 7.79. The number of likely N-dealkylation sites (tertiary alicyclic amines) is 1. The fraction of sp³-hybridized carbons (Fsp3) is 0.409. The van der Waals surface area contributed by atoms with E-state index in [2.05, 4.69) is 17.6 Å². The molecule has 1 aromatic heterocycles. The molecule has 0 unspecified atom stereocenters. The van der Waals surface area contributed by atoms with E-state index in [9.17, 15) is 14.4 Å². The monoisotopic (exact) mass is 396 g/mol. The number of rotatable bonds is 4. The van der Waals surface area contributed by atoms with Gasteiger partial charge in [0.05, 0.1) is 0 Å². The van der Waals surface area contributed by atoms with Crippen LogP contribution in [0.5, 0.6) is 0 Å². The standard InChI is InChI=1S/C22H28N4O3/c1-15-9-11-25(12-10-15)20(27)14-26-17(3)7-8-19(21(26)28)24-22(29)23-18-6-4-5-16(2)13-18/h4-8,13,15H,9-12,14H2,1-3H3,(H2,23,24,29). The van der Waals surface area contributed by atoms with Crippen molar-refractivity contribution in [1.82, 2.24) is 9.47 Å². The Bertz CT molecular complexity index is 959. The first-order valence-corrected chi connectivity index (χ1v) is 9.96. The van der Waals surface area contributed by atoms with Gasteiger partial charge in [0.25, 0.3) is 5.56 Å². The maximum absolute atomic E-state index is 12.9. The van der Waals surface area contributed by atoms with E-state index in [1.807, 2.05) is 30.0 Å². The highest BCUT2D eigenvalue weighted by Gasteiger charge is 2.21. The zero-order valence-electron chi connectivity index (χ0n) is 17.2. The number of urea groups is 1. The quantitative estimate of drug-likeness (QED) is 0.831. The molecular weight excluding hydrogens is 368 g/mol. The van der Waals surface area contributed by atoms with Gasteiger partial charge in [0.2, 0.25) is 5.91 Å². The normalized spacial score (nSPS) is 14.5. The Morgan fingerprint density at radius 3 is 2.48 bits per heavy atom. The molecule has 1 aromatic carbocycles. The summed E-state index contributed by atoms with van der Waals surface area (Å²) < 4.78 is 1.42. The van der Waals surface area contributed by atoms with Crippen LogP contribution in [0.3, 0.4) is 0 Å². The van der Waals surface area contributed by atoms with Crippen molar-refractivity contribution in [3.63, 3.8) is 0 Å². The molecule has 3 rings (SSSR count). The van der Waals surface area contributed by atoms with Crippen molar-refractivity contribution in [2.75, 3.05) is 23.7 Å². The van der Waals surface area contributed by atoms with Gasteiger partial charge in [0, 0.05) is 24.5 Å². The minimum absolute atomic E-state index is 0.0198. The molecule has 0 atom stereocenters. The Hall–Kier alpha value is -3.09. The number of anilines is 2. The summed E-state index contributed by atoms with van der Waals surface area (Å²) in [4.78, 5) is 39.6. The van der Waals surface area contributed by atoms with Crippen molar-refractivity contribution in [3.05, 3.63) is 58.0 Å². The molecule has 1 aliphatic heterocycles. The molecule has 0 radical (unpaired) electrons. The number of aryl methyl sites for hydroxylation is 2. The minimum atomic E-state index is -0.501. The van der Waals surface area contributed by atoms with E-state index < -0.39 is 6.03 Å². The number of nitrogens with zero attached hydrogens (tertiary/aromatic N) is 2. The zero-order chi connectivity index (χ0) is 21.0. The third-order valence-corrected chi connectivity index (χ3v) is 5.35. The van der Waals surface area contributed by atoms with Gasteiger partial charge in [0.15, 0.2) is 0 Å². The number of aromatic nitrogens is 1. The molecular formula is C22H28N4O3. The number of benzene rings is 1. The lowest BCUT2D eigenvalue weighted by Gasteiger charge is -2.30. The van der Waals surface area contributed by atoms with Crippen LogP contribution < -0.4 is 16.2 Å². The number of amides is 3. The molecule has 7 nitrogen and oxygen atoms in total. The molecule has 7 heteroatoms. The molecule has 1 fully saturated rings. The van der Waals surface area contributed by atoms with Gasteiger partial charge in [-0.1, -0.05) is 19.1 Å². The van der Waals surface area contributed by atoms with E-state index in [4.69, 9.17) is 0 Å². The lowest BCUT2D eigenvalue weighted by atomic mass is 9.99. The van der Waals surface area contributed by atoms with E-state index in [0.717, 1.165) is 31.5 Å². The Labute approximate surface area is 170 Å². The smallest absolute Gasteiger partial charge is 0.323 e.